The summed E-state index contributed by atoms with van der Waals surface area (Å²) in [6.45, 7) is 0. The van der Waals surface area contributed by atoms with Crippen LogP contribution in [0.5, 0.6) is 0 Å². The molecule has 0 aromatic carbocycles. The van der Waals surface area contributed by atoms with Crippen molar-refractivity contribution in [3.05, 3.63) is 17.1 Å². The molecule has 0 saturated heterocycles. The van der Waals surface area contributed by atoms with Gasteiger partial charge in [-0.25, -0.2) is 9.67 Å². The molecule has 0 fully saturated rings. The van der Waals surface area contributed by atoms with Crippen LogP contribution in [0.4, 0.5) is 0 Å². The van der Waals surface area contributed by atoms with E-state index in [1.807, 2.05) is 13.1 Å². The SMILES string of the molecule is Cn1ncnc1/C=C/Br. The highest BCUT2D eigenvalue weighted by Crippen LogP contribution is 1.95. The predicted molar refractivity (Wildman–Crippen MR) is 39.0 cm³/mol. The summed E-state index contributed by atoms with van der Waals surface area (Å²) in [5.74, 6) is 0.840. The number of hydrogen-bond acceptors (Lipinski definition) is 2. The molecule has 0 unspecified atom stereocenters. The van der Waals surface area contributed by atoms with Crippen LogP contribution in [-0.2, 0) is 7.05 Å². The van der Waals surface area contributed by atoms with Gasteiger partial charge in [-0.05, 0) is 11.1 Å². The Bertz CT molecular complexity index is 216. The lowest BCUT2D eigenvalue weighted by Crippen LogP contribution is -1.92. The Morgan fingerprint density at radius 3 is 3.00 bits per heavy atom. The number of halogens is 1. The van der Waals surface area contributed by atoms with E-state index in [0.717, 1.165) is 5.82 Å². The third kappa shape index (κ3) is 1.38. The van der Waals surface area contributed by atoms with Gasteiger partial charge in [-0.3, -0.25) is 0 Å². The van der Waals surface area contributed by atoms with E-state index in [4.69, 9.17) is 0 Å². The van der Waals surface area contributed by atoms with E-state index >= 15 is 0 Å². The Kier molecular flexibility index (Phi) is 2.00. The van der Waals surface area contributed by atoms with E-state index in [1.54, 1.807) is 9.67 Å². The largest absolute Gasteiger partial charge is 0.249 e. The van der Waals surface area contributed by atoms with E-state index in [9.17, 15) is 0 Å². The molecule has 48 valence electrons. The maximum Gasteiger partial charge on any atom is 0.150 e. The molecule has 1 heterocycles. The van der Waals surface area contributed by atoms with Crippen LogP contribution in [0.15, 0.2) is 11.3 Å². The molecule has 0 amide bonds. The minimum absolute atomic E-state index is 0.840. The molecule has 1 rings (SSSR count). The zero-order valence-electron chi connectivity index (χ0n) is 4.95. The molecule has 3 nitrogen and oxygen atoms in total. The number of aryl methyl sites for hydroxylation is 1. The summed E-state index contributed by atoms with van der Waals surface area (Å²) < 4.78 is 1.69. The van der Waals surface area contributed by atoms with Crippen LogP contribution in [0, 0.1) is 0 Å². The molecular formula is C5H6BrN3. The van der Waals surface area contributed by atoms with Gasteiger partial charge >= 0.3 is 0 Å². The highest BCUT2D eigenvalue weighted by atomic mass is 79.9. The molecule has 0 aliphatic rings. The normalized spacial score (nSPS) is 10.9. The summed E-state index contributed by atoms with van der Waals surface area (Å²) in [5.41, 5.74) is 0. The van der Waals surface area contributed by atoms with Gasteiger partial charge in [0.25, 0.3) is 0 Å². The molecule has 0 aliphatic carbocycles. The number of aromatic nitrogens is 3. The quantitative estimate of drug-likeness (QED) is 0.662. The third-order valence-corrected chi connectivity index (χ3v) is 1.22. The summed E-state index contributed by atoms with van der Waals surface area (Å²) in [6, 6.07) is 0. The third-order valence-electron chi connectivity index (χ3n) is 0.958. The van der Waals surface area contributed by atoms with Crippen molar-refractivity contribution >= 4 is 22.0 Å². The number of rotatable bonds is 1. The van der Waals surface area contributed by atoms with Crippen LogP contribution in [0.25, 0.3) is 6.08 Å². The average molecular weight is 188 g/mol. The minimum Gasteiger partial charge on any atom is -0.249 e. The molecule has 1 aromatic heterocycles. The summed E-state index contributed by atoms with van der Waals surface area (Å²) in [7, 11) is 1.84. The molecule has 0 spiro atoms. The summed E-state index contributed by atoms with van der Waals surface area (Å²) in [5, 5.41) is 3.87. The molecule has 1 aromatic rings. The Morgan fingerprint density at radius 2 is 2.56 bits per heavy atom. The van der Waals surface area contributed by atoms with Crippen molar-refractivity contribution in [2.24, 2.45) is 7.05 Å². The van der Waals surface area contributed by atoms with Crippen LogP contribution in [0.2, 0.25) is 0 Å². The number of nitrogens with zero attached hydrogens (tertiary/aromatic N) is 3. The van der Waals surface area contributed by atoms with E-state index < -0.39 is 0 Å². The van der Waals surface area contributed by atoms with Gasteiger partial charge in [-0.1, -0.05) is 15.9 Å². The first-order chi connectivity index (χ1) is 4.34. The van der Waals surface area contributed by atoms with Crippen molar-refractivity contribution in [1.29, 1.82) is 0 Å². The van der Waals surface area contributed by atoms with Crippen LogP contribution in [-0.4, -0.2) is 14.8 Å². The second kappa shape index (κ2) is 2.77. The monoisotopic (exact) mass is 187 g/mol. The molecule has 0 atom stereocenters. The highest BCUT2D eigenvalue weighted by molar-refractivity contribution is 9.11. The summed E-state index contributed by atoms with van der Waals surface area (Å²) >= 11 is 3.14. The zero-order valence-corrected chi connectivity index (χ0v) is 6.54. The molecule has 0 N–H and O–H groups in total. The smallest absolute Gasteiger partial charge is 0.150 e. The first-order valence-corrected chi connectivity index (χ1v) is 3.37. The lowest BCUT2D eigenvalue weighted by atomic mass is 10.6. The Balaban J connectivity index is 2.94. The summed E-state index contributed by atoms with van der Waals surface area (Å²) in [6.07, 6.45) is 3.34. The predicted octanol–water partition coefficient (Wildman–Crippen LogP) is 1.18. The molecule has 0 bridgehead atoms. The van der Waals surface area contributed by atoms with Crippen molar-refractivity contribution < 1.29 is 0 Å². The fraction of sp³-hybridized carbons (Fsp3) is 0.200. The minimum atomic E-state index is 0.840. The first kappa shape index (κ1) is 6.48. The lowest BCUT2D eigenvalue weighted by molar-refractivity contribution is 0.757. The number of hydrogen-bond donors (Lipinski definition) is 0. The first-order valence-electron chi connectivity index (χ1n) is 2.45. The van der Waals surface area contributed by atoms with Gasteiger partial charge in [-0.2, -0.15) is 5.10 Å². The van der Waals surface area contributed by atoms with Crippen molar-refractivity contribution in [2.75, 3.05) is 0 Å². The average Bonchev–Trinajstić information content (AvgIpc) is 2.18. The van der Waals surface area contributed by atoms with Gasteiger partial charge in [0.1, 0.15) is 6.33 Å². The van der Waals surface area contributed by atoms with Gasteiger partial charge in [0.05, 0.1) is 0 Å². The van der Waals surface area contributed by atoms with E-state index in [-0.39, 0.29) is 0 Å². The Morgan fingerprint density at radius 1 is 1.78 bits per heavy atom. The molecular weight excluding hydrogens is 182 g/mol. The zero-order chi connectivity index (χ0) is 6.69. The van der Waals surface area contributed by atoms with Crippen LogP contribution in [0.1, 0.15) is 5.82 Å². The molecule has 4 heteroatoms. The maximum atomic E-state index is 3.94. The van der Waals surface area contributed by atoms with Crippen molar-refractivity contribution in [3.63, 3.8) is 0 Å². The van der Waals surface area contributed by atoms with Crippen LogP contribution in [0.3, 0.4) is 0 Å². The van der Waals surface area contributed by atoms with E-state index in [0.29, 0.717) is 0 Å². The van der Waals surface area contributed by atoms with Crippen LogP contribution >= 0.6 is 15.9 Å². The van der Waals surface area contributed by atoms with E-state index in [1.165, 1.54) is 6.33 Å². The topological polar surface area (TPSA) is 30.7 Å². The second-order valence-electron chi connectivity index (χ2n) is 1.53. The van der Waals surface area contributed by atoms with Gasteiger partial charge in [0, 0.05) is 7.05 Å². The fourth-order valence-corrected chi connectivity index (χ4v) is 0.749. The Hall–Kier alpha value is -0.640. The highest BCUT2D eigenvalue weighted by Gasteiger charge is 1.90. The second-order valence-corrected chi connectivity index (χ2v) is 2.06. The maximum absolute atomic E-state index is 3.94. The van der Waals surface area contributed by atoms with Crippen molar-refractivity contribution in [3.8, 4) is 0 Å². The molecule has 0 saturated carbocycles. The molecule has 9 heavy (non-hydrogen) atoms. The standard InChI is InChI=1S/C5H6BrN3/c1-9-5(2-3-6)7-4-8-9/h2-4H,1H3/b3-2+. The van der Waals surface area contributed by atoms with Gasteiger partial charge in [-0.15, -0.1) is 0 Å². The van der Waals surface area contributed by atoms with Crippen molar-refractivity contribution in [2.45, 2.75) is 0 Å². The Labute approximate surface area is 61.5 Å². The van der Waals surface area contributed by atoms with Gasteiger partial charge in [0.2, 0.25) is 0 Å². The van der Waals surface area contributed by atoms with Crippen LogP contribution < -0.4 is 0 Å². The van der Waals surface area contributed by atoms with E-state index in [2.05, 4.69) is 26.0 Å². The molecule has 0 radical (unpaired) electrons. The summed E-state index contributed by atoms with van der Waals surface area (Å²) in [4.78, 5) is 5.69. The molecule has 0 aliphatic heterocycles. The van der Waals surface area contributed by atoms with Gasteiger partial charge in [0.15, 0.2) is 5.82 Å². The van der Waals surface area contributed by atoms with Gasteiger partial charge < -0.3 is 0 Å². The fourth-order valence-electron chi connectivity index (χ4n) is 0.512. The van der Waals surface area contributed by atoms with Crippen molar-refractivity contribution in [1.82, 2.24) is 14.8 Å². The lowest BCUT2D eigenvalue weighted by Gasteiger charge is -1.87.